The molecule has 1 saturated carbocycles. The number of methoxy groups -OCH3 is 1. The van der Waals surface area contributed by atoms with Crippen molar-refractivity contribution in [3.8, 4) is 0 Å². The Bertz CT molecular complexity index is 488. The topological polar surface area (TPSA) is 104 Å². The van der Waals surface area contributed by atoms with Gasteiger partial charge in [-0.05, 0) is 18.8 Å². The van der Waals surface area contributed by atoms with Gasteiger partial charge in [-0.25, -0.2) is 14.0 Å². The highest BCUT2D eigenvalue weighted by Gasteiger charge is 2.24. The SMILES string of the molecule is COC1=NS(=O)N=C1NN(CCCC1CCCCC1)C(=O)O. The van der Waals surface area contributed by atoms with Crippen LogP contribution < -0.4 is 5.43 Å². The molecule has 1 fully saturated rings. The molecule has 2 N–H and O–H groups in total. The van der Waals surface area contributed by atoms with Crippen molar-refractivity contribution in [2.24, 2.45) is 14.7 Å². The maximum absolute atomic E-state index is 11.3. The lowest BCUT2D eigenvalue weighted by Crippen LogP contribution is -2.48. The minimum atomic E-state index is -1.75. The lowest BCUT2D eigenvalue weighted by molar-refractivity contribution is 0.131. The number of amidine groups is 1. The van der Waals surface area contributed by atoms with Gasteiger partial charge in [0.25, 0.3) is 17.1 Å². The average molecular weight is 330 g/mol. The number of hydrazine groups is 1. The van der Waals surface area contributed by atoms with Crippen LogP contribution in [0.2, 0.25) is 0 Å². The molecule has 0 spiro atoms. The molecule has 1 amide bonds. The van der Waals surface area contributed by atoms with Crippen molar-refractivity contribution in [1.82, 2.24) is 10.4 Å². The Morgan fingerprint density at radius 3 is 2.77 bits per heavy atom. The molecular formula is C13H22N4O4S. The van der Waals surface area contributed by atoms with Crippen molar-refractivity contribution in [3.63, 3.8) is 0 Å². The summed E-state index contributed by atoms with van der Waals surface area (Å²) in [6.45, 7) is 0.342. The van der Waals surface area contributed by atoms with Gasteiger partial charge in [0.05, 0.1) is 7.11 Å². The highest BCUT2D eigenvalue weighted by Crippen LogP contribution is 2.27. The minimum Gasteiger partial charge on any atom is -0.478 e. The molecule has 9 heteroatoms. The fraction of sp³-hybridized carbons (Fsp3) is 0.769. The first-order valence-electron chi connectivity index (χ1n) is 7.51. The van der Waals surface area contributed by atoms with E-state index >= 15 is 0 Å². The molecule has 2 rings (SSSR count). The molecule has 1 unspecified atom stereocenters. The van der Waals surface area contributed by atoms with Crippen LogP contribution in [0.5, 0.6) is 0 Å². The normalized spacial score (nSPS) is 22.0. The predicted octanol–water partition coefficient (Wildman–Crippen LogP) is 1.87. The van der Waals surface area contributed by atoms with Crippen molar-refractivity contribution >= 4 is 29.0 Å². The van der Waals surface area contributed by atoms with Gasteiger partial charge in [-0.1, -0.05) is 32.1 Å². The Morgan fingerprint density at radius 1 is 1.41 bits per heavy atom. The molecule has 1 atom stereocenters. The second-order valence-electron chi connectivity index (χ2n) is 5.46. The third kappa shape index (κ3) is 4.69. The number of ether oxygens (including phenoxy) is 1. The van der Waals surface area contributed by atoms with Crippen molar-refractivity contribution in [3.05, 3.63) is 0 Å². The molecule has 1 aliphatic carbocycles. The van der Waals surface area contributed by atoms with E-state index < -0.39 is 17.3 Å². The smallest absolute Gasteiger partial charge is 0.426 e. The standard InChI is InChI=1S/C13H22N4O4S/c1-21-12-11(15-22(20)16-12)14-17(13(18)19)9-5-8-10-6-3-2-4-7-10/h10H,2-9H2,1H3,(H,14,15)(H,18,19). The van der Waals surface area contributed by atoms with E-state index in [1.54, 1.807) is 0 Å². The van der Waals surface area contributed by atoms with Crippen molar-refractivity contribution in [1.29, 1.82) is 0 Å². The summed E-state index contributed by atoms with van der Waals surface area (Å²) in [7, 11) is 1.37. The third-order valence-electron chi connectivity index (χ3n) is 3.92. The first-order valence-corrected chi connectivity index (χ1v) is 8.57. The molecule has 0 bridgehead atoms. The van der Waals surface area contributed by atoms with Gasteiger partial charge in [0.1, 0.15) is 0 Å². The third-order valence-corrected chi connectivity index (χ3v) is 4.58. The van der Waals surface area contributed by atoms with Gasteiger partial charge < -0.3 is 9.84 Å². The van der Waals surface area contributed by atoms with Gasteiger partial charge in [-0.2, -0.15) is 0 Å². The number of nitrogens with zero attached hydrogens (tertiary/aromatic N) is 3. The summed E-state index contributed by atoms with van der Waals surface area (Å²) in [4.78, 5) is 11.3. The van der Waals surface area contributed by atoms with Crippen LogP contribution in [0.25, 0.3) is 0 Å². The van der Waals surface area contributed by atoms with E-state index in [-0.39, 0.29) is 11.7 Å². The van der Waals surface area contributed by atoms with E-state index in [0.29, 0.717) is 12.5 Å². The molecule has 1 aliphatic heterocycles. The van der Waals surface area contributed by atoms with Gasteiger partial charge in [-0.15, -0.1) is 8.80 Å². The molecule has 22 heavy (non-hydrogen) atoms. The number of carboxylic acid groups (broad SMARTS) is 1. The molecule has 0 aromatic heterocycles. The second kappa shape index (κ2) is 8.11. The first-order chi connectivity index (χ1) is 10.6. The molecule has 1 heterocycles. The Kier molecular flexibility index (Phi) is 6.17. The van der Waals surface area contributed by atoms with Crippen LogP contribution in [-0.2, 0) is 15.9 Å². The number of nitrogens with one attached hydrogen (secondary N) is 1. The molecule has 0 radical (unpaired) electrons. The quantitative estimate of drug-likeness (QED) is 0.766. The zero-order valence-corrected chi connectivity index (χ0v) is 13.5. The van der Waals surface area contributed by atoms with E-state index in [9.17, 15) is 14.1 Å². The van der Waals surface area contributed by atoms with E-state index in [4.69, 9.17) is 4.74 Å². The van der Waals surface area contributed by atoms with Crippen LogP contribution in [0.15, 0.2) is 8.80 Å². The average Bonchev–Trinajstić information content (AvgIpc) is 2.87. The fourth-order valence-electron chi connectivity index (χ4n) is 2.79. The number of hydrogen-bond donors (Lipinski definition) is 2. The van der Waals surface area contributed by atoms with Gasteiger partial charge in [-0.3, -0.25) is 5.43 Å². The summed E-state index contributed by atoms with van der Waals surface area (Å²) in [5.41, 5.74) is 2.62. The molecule has 2 aliphatic rings. The van der Waals surface area contributed by atoms with Crippen LogP contribution in [0.1, 0.15) is 44.9 Å². The molecular weight excluding hydrogens is 308 g/mol. The highest BCUT2D eigenvalue weighted by molar-refractivity contribution is 7.83. The molecule has 124 valence electrons. The second-order valence-corrected chi connectivity index (χ2v) is 6.29. The Labute approximate surface area is 132 Å². The van der Waals surface area contributed by atoms with Crippen LogP contribution in [0.4, 0.5) is 4.79 Å². The van der Waals surface area contributed by atoms with E-state index in [2.05, 4.69) is 14.2 Å². The van der Waals surface area contributed by atoms with E-state index in [1.807, 2.05) is 0 Å². The highest BCUT2D eigenvalue weighted by atomic mass is 32.2. The van der Waals surface area contributed by atoms with Crippen LogP contribution in [-0.4, -0.2) is 45.8 Å². The van der Waals surface area contributed by atoms with Crippen LogP contribution >= 0.6 is 0 Å². The predicted molar refractivity (Wildman–Crippen MR) is 83.7 cm³/mol. The van der Waals surface area contributed by atoms with Crippen molar-refractivity contribution in [2.75, 3.05) is 13.7 Å². The summed E-state index contributed by atoms with van der Waals surface area (Å²) in [5, 5.41) is 10.3. The van der Waals surface area contributed by atoms with Crippen LogP contribution in [0.3, 0.4) is 0 Å². The summed E-state index contributed by atoms with van der Waals surface area (Å²) >= 11 is -1.75. The number of rotatable bonds is 4. The molecule has 8 nitrogen and oxygen atoms in total. The maximum Gasteiger partial charge on any atom is 0.426 e. The lowest BCUT2D eigenvalue weighted by atomic mass is 9.86. The Hall–Kier alpha value is -1.64. The Morgan fingerprint density at radius 2 is 2.14 bits per heavy atom. The number of carbonyl (C=O) groups is 1. The fourth-order valence-corrected chi connectivity index (χ4v) is 3.41. The molecule has 0 saturated heterocycles. The summed E-state index contributed by atoms with van der Waals surface area (Å²) < 4.78 is 23.5. The monoisotopic (exact) mass is 330 g/mol. The summed E-state index contributed by atoms with van der Waals surface area (Å²) in [6.07, 6.45) is 7.05. The lowest BCUT2D eigenvalue weighted by Gasteiger charge is -2.24. The largest absolute Gasteiger partial charge is 0.478 e. The zero-order valence-electron chi connectivity index (χ0n) is 12.7. The van der Waals surface area contributed by atoms with E-state index in [0.717, 1.165) is 17.9 Å². The van der Waals surface area contributed by atoms with Gasteiger partial charge in [0, 0.05) is 6.54 Å². The zero-order chi connectivity index (χ0) is 15.9. The maximum atomic E-state index is 11.3. The van der Waals surface area contributed by atoms with Gasteiger partial charge in [0.2, 0.25) is 5.84 Å². The molecule has 0 aromatic rings. The minimum absolute atomic E-state index is 0.0527. The number of hydrogen-bond acceptors (Lipinski definition) is 4. The van der Waals surface area contributed by atoms with Gasteiger partial charge >= 0.3 is 6.09 Å². The molecule has 0 aromatic carbocycles. The van der Waals surface area contributed by atoms with Crippen molar-refractivity contribution < 1.29 is 18.8 Å². The Balaban J connectivity index is 1.82. The van der Waals surface area contributed by atoms with Gasteiger partial charge in [0.15, 0.2) is 0 Å². The van der Waals surface area contributed by atoms with Crippen molar-refractivity contribution in [2.45, 2.75) is 44.9 Å². The summed E-state index contributed by atoms with van der Waals surface area (Å²) in [6, 6.07) is 0. The first kappa shape index (κ1) is 16.7. The number of amides is 1. The summed E-state index contributed by atoms with van der Waals surface area (Å²) in [5.74, 6) is 0.842. The van der Waals surface area contributed by atoms with E-state index in [1.165, 1.54) is 39.2 Å². The van der Waals surface area contributed by atoms with Crippen LogP contribution in [0, 0.1) is 5.92 Å².